The molecule has 1 aromatic heterocycles. The number of hydrogen-bond donors (Lipinski definition) is 0. The Hall–Kier alpha value is -3.13. The molecule has 0 radical (unpaired) electrons. The Labute approximate surface area is 170 Å². The van der Waals surface area contributed by atoms with Gasteiger partial charge in [0.05, 0.1) is 0 Å². The number of carbonyl (C=O) groups is 1. The molecule has 0 saturated carbocycles. The SMILES string of the molecule is O=C1CC(c2noc(-c3ccc4c(c3)OCO4)n2)CN1Cc1ccc(F)cc1Cl. The largest absolute Gasteiger partial charge is 0.454 e. The van der Waals surface area contributed by atoms with Crippen molar-refractivity contribution < 1.29 is 23.2 Å². The maximum Gasteiger partial charge on any atom is 0.258 e. The average Bonchev–Trinajstić information content (AvgIpc) is 3.43. The number of carbonyl (C=O) groups excluding carboxylic acids is 1. The van der Waals surface area contributed by atoms with Crippen LogP contribution in [0.25, 0.3) is 11.5 Å². The first kappa shape index (κ1) is 17.9. The van der Waals surface area contributed by atoms with E-state index in [1.807, 2.05) is 6.07 Å². The highest BCUT2D eigenvalue weighted by Gasteiger charge is 2.34. The number of aromatic nitrogens is 2. The summed E-state index contributed by atoms with van der Waals surface area (Å²) >= 11 is 6.08. The van der Waals surface area contributed by atoms with Crippen molar-refractivity contribution in [2.75, 3.05) is 13.3 Å². The van der Waals surface area contributed by atoms with Crippen molar-refractivity contribution in [3.05, 3.63) is 58.6 Å². The number of amides is 1. The lowest BCUT2D eigenvalue weighted by molar-refractivity contribution is -0.128. The number of rotatable bonds is 4. The van der Waals surface area contributed by atoms with Crippen LogP contribution in [0.1, 0.15) is 23.7 Å². The standard InChI is InChI=1S/C20H15ClFN3O4/c21-15-7-14(22)3-1-12(15)8-25-9-13(6-18(25)26)19-23-20(29-24-19)11-2-4-16-17(5-11)28-10-27-16/h1-5,7,13H,6,8-10H2. The van der Waals surface area contributed by atoms with E-state index in [4.69, 9.17) is 25.6 Å². The van der Waals surface area contributed by atoms with Crippen molar-refractivity contribution in [1.82, 2.24) is 15.0 Å². The summed E-state index contributed by atoms with van der Waals surface area (Å²) in [5, 5.41) is 4.36. The highest BCUT2D eigenvalue weighted by Crippen LogP contribution is 2.36. The van der Waals surface area contributed by atoms with Gasteiger partial charge in [-0.15, -0.1) is 0 Å². The van der Waals surface area contributed by atoms with Gasteiger partial charge in [0.2, 0.25) is 12.7 Å². The first-order valence-corrected chi connectivity index (χ1v) is 9.40. The lowest BCUT2D eigenvalue weighted by Gasteiger charge is -2.17. The highest BCUT2D eigenvalue weighted by molar-refractivity contribution is 6.31. The van der Waals surface area contributed by atoms with Crippen molar-refractivity contribution in [3.8, 4) is 23.0 Å². The Kier molecular flexibility index (Phi) is 4.35. The summed E-state index contributed by atoms with van der Waals surface area (Å²) in [6.07, 6.45) is 0.277. The van der Waals surface area contributed by atoms with Gasteiger partial charge in [-0.1, -0.05) is 22.8 Å². The molecule has 1 fully saturated rings. The van der Waals surface area contributed by atoms with Crippen LogP contribution in [0.2, 0.25) is 5.02 Å². The van der Waals surface area contributed by atoms with Crippen molar-refractivity contribution in [3.63, 3.8) is 0 Å². The third-order valence-corrected chi connectivity index (χ3v) is 5.37. The average molecular weight is 416 g/mol. The fraction of sp³-hybridized carbons (Fsp3) is 0.250. The molecular weight excluding hydrogens is 401 g/mol. The summed E-state index contributed by atoms with van der Waals surface area (Å²) in [6, 6.07) is 9.54. The molecular formula is C20H15ClFN3O4. The number of fused-ring (bicyclic) bond motifs is 1. The van der Waals surface area contributed by atoms with Crippen LogP contribution in [0, 0.1) is 5.82 Å². The highest BCUT2D eigenvalue weighted by atomic mass is 35.5. The molecule has 1 amide bonds. The molecule has 2 aliphatic rings. The van der Waals surface area contributed by atoms with E-state index in [1.165, 1.54) is 12.1 Å². The van der Waals surface area contributed by atoms with Gasteiger partial charge in [0.25, 0.3) is 5.89 Å². The summed E-state index contributed by atoms with van der Waals surface area (Å²) < 4.78 is 29.3. The van der Waals surface area contributed by atoms with Crippen LogP contribution < -0.4 is 9.47 Å². The topological polar surface area (TPSA) is 77.7 Å². The second-order valence-electron chi connectivity index (χ2n) is 6.94. The number of likely N-dealkylation sites (tertiary alicyclic amines) is 1. The molecule has 1 unspecified atom stereocenters. The zero-order chi connectivity index (χ0) is 20.0. The van der Waals surface area contributed by atoms with E-state index in [1.54, 1.807) is 23.1 Å². The quantitative estimate of drug-likeness (QED) is 0.645. The monoisotopic (exact) mass is 415 g/mol. The smallest absolute Gasteiger partial charge is 0.258 e. The third kappa shape index (κ3) is 3.40. The number of benzene rings is 2. The Balaban J connectivity index is 1.32. The molecule has 2 aromatic carbocycles. The van der Waals surface area contributed by atoms with Crippen LogP contribution in [0.15, 0.2) is 40.9 Å². The molecule has 0 N–H and O–H groups in total. The fourth-order valence-corrected chi connectivity index (χ4v) is 3.73. The van der Waals surface area contributed by atoms with Gasteiger partial charge < -0.3 is 18.9 Å². The Morgan fingerprint density at radius 3 is 2.90 bits per heavy atom. The van der Waals surface area contributed by atoms with Crippen LogP contribution in [-0.4, -0.2) is 34.3 Å². The first-order chi connectivity index (χ1) is 14.1. The van der Waals surface area contributed by atoms with Gasteiger partial charge in [0, 0.05) is 36.0 Å². The minimum absolute atomic E-state index is 0.0372. The summed E-state index contributed by atoms with van der Waals surface area (Å²) in [5.74, 6) is 1.49. The predicted molar refractivity (Wildman–Crippen MR) is 100 cm³/mol. The van der Waals surface area contributed by atoms with Gasteiger partial charge in [-0.05, 0) is 35.9 Å². The van der Waals surface area contributed by atoms with E-state index in [9.17, 15) is 9.18 Å². The first-order valence-electron chi connectivity index (χ1n) is 9.02. The minimum atomic E-state index is -0.410. The zero-order valence-electron chi connectivity index (χ0n) is 15.1. The van der Waals surface area contributed by atoms with E-state index in [0.717, 1.165) is 0 Å². The zero-order valence-corrected chi connectivity index (χ0v) is 15.9. The van der Waals surface area contributed by atoms with E-state index in [2.05, 4.69) is 10.1 Å². The van der Waals surface area contributed by atoms with Crippen LogP contribution in [0.5, 0.6) is 11.5 Å². The molecule has 9 heteroatoms. The number of halogens is 2. The summed E-state index contributed by atoms with van der Waals surface area (Å²) in [4.78, 5) is 18.6. The molecule has 0 spiro atoms. The second-order valence-corrected chi connectivity index (χ2v) is 7.34. The van der Waals surface area contributed by atoms with Crippen molar-refractivity contribution in [2.24, 2.45) is 0 Å². The Morgan fingerprint density at radius 1 is 1.17 bits per heavy atom. The van der Waals surface area contributed by atoms with Crippen molar-refractivity contribution in [1.29, 1.82) is 0 Å². The normalized spacial score (nSPS) is 17.9. The number of hydrogen-bond acceptors (Lipinski definition) is 6. The van der Waals surface area contributed by atoms with Gasteiger partial charge >= 0.3 is 0 Å². The summed E-state index contributed by atoms with van der Waals surface area (Å²) in [6.45, 7) is 0.930. The molecule has 3 heterocycles. The Bertz CT molecular complexity index is 1100. The molecule has 0 bridgehead atoms. The molecule has 0 aliphatic carbocycles. The Morgan fingerprint density at radius 2 is 2.03 bits per heavy atom. The molecule has 1 atom stereocenters. The molecule has 1 saturated heterocycles. The third-order valence-electron chi connectivity index (χ3n) is 5.02. The molecule has 7 nitrogen and oxygen atoms in total. The van der Waals surface area contributed by atoms with E-state index < -0.39 is 5.82 Å². The molecule has 5 rings (SSSR count). The predicted octanol–water partition coefficient (Wildman–Crippen LogP) is 3.77. The van der Waals surface area contributed by atoms with Gasteiger partial charge in [0.15, 0.2) is 17.3 Å². The van der Waals surface area contributed by atoms with Crippen LogP contribution in [0.3, 0.4) is 0 Å². The lowest BCUT2D eigenvalue weighted by atomic mass is 10.1. The van der Waals surface area contributed by atoms with E-state index >= 15 is 0 Å². The fourth-order valence-electron chi connectivity index (χ4n) is 3.50. The van der Waals surface area contributed by atoms with Crippen LogP contribution in [-0.2, 0) is 11.3 Å². The van der Waals surface area contributed by atoms with Crippen LogP contribution in [0.4, 0.5) is 4.39 Å². The number of ether oxygens (including phenoxy) is 2. The van der Waals surface area contributed by atoms with Crippen LogP contribution >= 0.6 is 11.6 Å². The van der Waals surface area contributed by atoms with Gasteiger partial charge in [-0.3, -0.25) is 4.79 Å². The van der Waals surface area contributed by atoms with Gasteiger partial charge in [-0.2, -0.15) is 4.98 Å². The van der Waals surface area contributed by atoms with Crippen molar-refractivity contribution >= 4 is 17.5 Å². The maximum absolute atomic E-state index is 13.2. The molecule has 3 aromatic rings. The second kappa shape index (κ2) is 7.04. The maximum atomic E-state index is 13.2. The summed E-state index contributed by atoms with van der Waals surface area (Å²) in [7, 11) is 0. The van der Waals surface area contributed by atoms with Gasteiger partial charge in [-0.25, -0.2) is 4.39 Å². The summed E-state index contributed by atoms with van der Waals surface area (Å²) in [5.41, 5.74) is 1.41. The number of nitrogens with zero attached hydrogens (tertiary/aromatic N) is 3. The molecule has 148 valence electrons. The van der Waals surface area contributed by atoms with E-state index in [-0.39, 0.29) is 25.0 Å². The molecule has 2 aliphatic heterocycles. The van der Waals surface area contributed by atoms with Gasteiger partial charge in [0.1, 0.15) is 5.82 Å². The van der Waals surface area contributed by atoms with Crippen molar-refractivity contribution in [2.45, 2.75) is 18.9 Å². The minimum Gasteiger partial charge on any atom is -0.454 e. The van der Waals surface area contributed by atoms with E-state index in [0.29, 0.717) is 52.5 Å². The lowest BCUT2D eigenvalue weighted by Crippen LogP contribution is -2.24. The molecule has 29 heavy (non-hydrogen) atoms.